The number of furan rings is 1. The molecule has 0 radical (unpaired) electrons. The van der Waals surface area contributed by atoms with Gasteiger partial charge in [-0.3, -0.25) is 9.69 Å². The fourth-order valence-electron chi connectivity index (χ4n) is 4.88. The van der Waals surface area contributed by atoms with Gasteiger partial charge in [0, 0.05) is 30.7 Å². The lowest BCUT2D eigenvalue weighted by Crippen LogP contribution is -2.50. The molecule has 5 rings (SSSR count). The highest BCUT2D eigenvalue weighted by Gasteiger charge is 2.46. The van der Waals surface area contributed by atoms with Crippen molar-refractivity contribution in [2.24, 2.45) is 0 Å². The maximum Gasteiger partial charge on any atom is 0.228 e. The van der Waals surface area contributed by atoms with Gasteiger partial charge in [-0.15, -0.1) is 0 Å². The van der Waals surface area contributed by atoms with Crippen molar-refractivity contribution in [1.29, 1.82) is 0 Å². The summed E-state index contributed by atoms with van der Waals surface area (Å²) in [5.41, 5.74) is 3.54. The summed E-state index contributed by atoms with van der Waals surface area (Å²) in [5, 5.41) is 3.36. The normalized spacial score (nSPS) is 21.4. The van der Waals surface area contributed by atoms with E-state index in [1.165, 1.54) is 5.56 Å². The molecule has 0 aliphatic carbocycles. The van der Waals surface area contributed by atoms with Gasteiger partial charge >= 0.3 is 0 Å². The van der Waals surface area contributed by atoms with E-state index in [9.17, 15) is 4.79 Å². The highest BCUT2D eigenvalue weighted by atomic mass is 16.3. The standard InChI is InChI=1S/C25H26N2O2/c28-24-22(19-7-2-1-3-8-19)17-25(26-24)12-14-27(15-13-25)18-20-9-4-5-10-21(20)23-11-6-16-29-23/h1-11,16,22H,12-15,17-18H2,(H,26,28)/t22-/m1/s1. The molecule has 1 atom stereocenters. The predicted octanol–water partition coefficient (Wildman–Crippen LogP) is 4.58. The van der Waals surface area contributed by atoms with Crippen LogP contribution in [0, 0.1) is 0 Å². The van der Waals surface area contributed by atoms with E-state index in [0.29, 0.717) is 0 Å². The van der Waals surface area contributed by atoms with Crippen LogP contribution in [0.3, 0.4) is 0 Å². The van der Waals surface area contributed by atoms with Gasteiger partial charge in [0.1, 0.15) is 5.76 Å². The second kappa shape index (κ2) is 7.53. The lowest BCUT2D eigenvalue weighted by Gasteiger charge is -2.39. The first-order chi connectivity index (χ1) is 14.2. The topological polar surface area (TPSA) is 45.5 Å². The monoisotopic (exact) mass is 386 g/mol. The molecule has 2 aliphatic rings. The molecule has 0 bridgehead atoms. The predicted molar refractivity (Wildman–Crippen MR) is 113 cm³/mol. The number of nitrogens with zero attached hydrogens (tertiary/aromatic N) is 1. The van der Waals surface area contributed by atoms with Gasteiger partial charge in [0.15, 0.2) is 0 Å². The highest BCUT2D eigenvalue weighted by molar-refractivity contribution is 5.87. The zero-order valence-electron chi connectivity index (χ0n) is 16.5. The summed E-state index contributed by atoms with van der Waals surface area (Å²) in [7, 11) is 0. The number of nitrogens with one attached hydrogen (secondary N) is 1. The van der Waals surface area contributed by atoms with Crippen molar-refractivity contribution in [1.82, 2.24) is 10.2 Å². The number of likely N-dealkylation sites (tertiary alicyclic amines) is 1. The maximum atomic E-state index is 12.7. The van der Waals surface area contributed by atoms with Crippen molar-refractivity contribution in [2.75, 3.05) is 13.1 Å². The molecule has 1 N–H and O–H groups in total. The molecule has 4 heteroatoms. The smallest absolute Gasteiger partial charge is 0.228 e. The van der Waals surface area contributed by atoms with E-state index in [-0.39, 0.29) is 17.4 Å². The van der Waals surface area contributed by atoms with Gasteiger partial charge in [-0.05, 0) is 42.5 Å². The molecule has 2 aromatic carbocycles. The Labute approximate surface area is 171 Å². The van der Waals surface area contributed by atoms with Crippen LogP contribution < -0.4 is 5.32 Å². The van der Waals surface area contributed by atoms with Crippen LogP contribution in [-0.4, -0.2) is 29.4 Å². The Hall–Kier alpha value is -2.85. The van der Waals surface area contributed by atoms with Gasteiger partial charge in [0.25, 0.3) is 0 Å². The number of amides is 1. The molecule has 29 heavy (non-hydrogen) atoms. The SMILES string of the molecule is O=C1NC2(CCN(Cc3ccccc3-c3ccco3)CC2)C[C@@H]1c1ccccc1. The van der Waals surface area contributed by atoms with Crippen molar-refractivity contribution < 1.29 is 9.21 Å². The molecular weight excluding hydrogens is 360 g/mol. The maximum absolute atomic E-state index is 12.7. The third kappa shape index (κ3) is 3.60. The van der Waals surface area contributed by atoms with E-state index in [4.69, 9.17) is 4.42 Å². The van der Waals surface area contributed by atoms with Crippen LogP contribution in [0.5, 0.6) is 0 Å². The molecule has 3 heterocycles. The molecule has 2 saturated heterocycles. The van der Waals surface area contributed by atoms with Crippen LogP contribution >= 0.6 is 0 Å². The van der Waals surface area contributed by atoms with E-state index in [1.807, 2.05) is 30.3 Å². The molecule has 0 saturated carbocycles. The second-order valence-corrected chi connectivity index (χ2v) is 8.35. The third-order valence-corrected chi connectivity index (χ3v) is 6.51. The number of piperidine rings is 1. The summed E-state index contributed by atoms with van der Waals surface area (Å²) < 4.78 is 5.63. The molecule has 2 fully saturated rings. The number of rotatable bonds is 4. The fraction of sp³-hybridized carbons (Fsp3) is 0.320. The van der Waals surface area contributed by atoms with Crippen molar-refractivity contribution >= 4 is 5.91 Å². The first-order valence-electron chi connectivity index (χ1n) is 10.4. The zero-order chi connectivity index (χ0) is 19.7. The van der Waals surface area contributed by atoms with Crippen LogP contribution in [0.1, 0.15) is 36.3 Å². The molecule has 4 nitrogen and oxygen atoms in total. The first kappa shape index (κ1) is 18.2. The zero-order valence-corrected chi connectivity index (χ0v) is 16.5. The molecule has 1 amide bonds. The first-order valence-corrected chi connectivity index (χ1v) is 10.4. The van der Waals surface area contributed by atoms with Crippen LogP contribution in [-0.2, 0) is 11.3 Å². The Morgan fingerprint density at radius 1 is 0.966 bits per heavy atom. The minimum atomic E-state index is -0.0470. The summed E-state index contributed by atoms with van der Waals surface area (Å²) in [6, 6.07) is 22.6. The summed E-state index contributed by atoms with van der Waals surface area (Å²) in [5.74, 6) is 1.10. The summed E-state index contributed by atoms with van der Waals surface area (Å²) >= 11 is 0. The Kier molecular flexibility index (Phi) is 4.72. The van der Waals surface area contributed by atoms with Crippen LogP contribution in [0.15, 0.2) is 77.4 Å². The minimum absolute atomic E-state index is 0.0116. The number of hydrogen-bond donors (Lipinski definition) is 1. The number of benzene rings is 2. The van der Waals surface area contributed by atoms with Crippen molar-refractivity contribution in [2.45, 2.75) is 37.3 Å². The average Bonchev–Trinajstić information content (AvgIpc) is 3.40. The molecule has 1 spiro atoms. The second-order valence-electron chi connectivity index (χ2n) is 8.35. The van der Waals surface area contributed by atoms with E-state index in [0.717, 1.165) is 55.8 Å². The summed E-state index contributed by atoms with van der Waals surface area (Å²) in [6.45, 7) is 2.89. The average molecular weight is 386 g/mol. The molecular formula is C25H26N2O2. The number of carbonyl (C=O) groups excluding carboxylic acids is 1. The molecule has 148 valence electrons. The van der Waals surface area contributed by atoms with Crippen LogP contribution in [0.4, 0.5) is 0 Å². The van der Waals surface area contributed by atoms with Gasteiger partial charge in [0.2, 0.25) is 5.91 Å². The van der Waals surface area contributed by atoms with Gasteiger partial charge in [-0.2, -0.15) is 0 Å². The van der Waals surface area contributed by atoms with Crippen molar-refractivity contribution in [3.05, 3.63) is 84.1 Å². The molecule has 0 unspecified atom stereocenters. The largest absolute Gasteiger partial charge is 0.464 e. The Balaban J connectivity index is 1.26. The number of carbonyl (C=O) groups is 1. The van der Waals surface area contributed by atoms with Crippen LogP contribution in [0.25, 0.3) is 11.3 Å². The quantitative estimate of drug-likeness (QED) is 0.714. The van der Waals surface area contributed by atoms with E-state index >= 15 is 0 Å². The Morgan fingerprint density at radius 2 is 1.72 bits per heavy atom. The number of hydrogen-bond acceptors (Lipinski definition) is 3. The summed E-state index contributed by atoms with van der Waals surface area (Å²) in [6.07, 6.45) is 4.64. The Morgan fingerprint density at radius 3 is 2.48 bits per heavy atom. The lowest BCUT2D eigenvalue weighted by molar-refractivity contribution is -0.121. The highest BCUT2D eigenvalue weighted by Crippen LogP contribution is 2.39. The van der Waals surface area contributed by atoms with E-state index < -0.39 is 0 Å². The third-order valence-electron chi connectivity index (χ3n) is 6.51. The summed E-state index contributed by atoms with van der Waals surface area (Å²) in [4.78, 5) is 15.2. The van der Waals surface area contributed by atoms with Gasteiger partial charge in [0.05, 0.1) is 12.2 Å². The lowest BCUT2D eigenvalue weighted by atomic mass is 9.82. The van der Waals surface area contributed by atoms with Crippen molar-refractivity contribution in [3.63, 3.8) is 0 Å². The van der Waals surface area contributed by atoms with E-state index in [2.05, 4.69) is 46.6 Å². The van der Waals surface area contributed by atoms with Crippen molar-refractivity contribution in [3.8, 4) is 11.3 Å². The van der Waals surface area contributed by atoms with Gasteiger partial charge < -0.3 is 9.73 Å². The van der Waals surface area contributed by atoms with Crippen LogP contribution in [0.2, 0.25) is 0 Å². The Bertz CT molecular complexity index is 973. The molecule has 3 aromatic rings. The minimum Gasteiger partial charge on any atom is -0.464 e. The van der Waals surface area contributed by atoms with E-state index in [1.54, 1.807) is 6.26 Å². The van der Waals surface area contributed by atoms with Gasteiger partial charge in [-0.25, -0.2) is 0 Å². The molecule has 2 aliphatic heterocycles. The molecule has 1 aromatic heterocycles. The van der Waals surface area contributed by atoms with Gasteiger partial charge in [-0.1, -0.05) is 54.6 Å². The fourth-order valence-corrected chi connectivity index (χ4v) is 4.88.